The number of hydrogen-bond acceptors (Lipinski definition) is 3. The van der Waals surface area contributed by atoms with Crippen LogP contribution in [0.3, 0.4) is 0 Å². The van der Waals surface area contributed by atoms with E-state index in [9.17, 15) is 22.2 Å². The van der Waals surface area contributed by atoms with Crippen LogP contribution < -0.4 is 5.43 Å². The fourth-order valence-corrected chi connectivity index (χ4v) is 4.66. The summed E-state index contributed by atoms with van der Waals surface area (Å²) in [5.41, 5.74) is -2.26. The normalized spacial score (nSPS) is 15.9. The van der Waals surface area contributed by atoms with E-state index in [2.05, 4.69) is 5.10 Å². The van der Waals surface area contributed by atoms with Crippen LogP contribution in [-0.2, 0) is 24.0 Å². The summed E-state index contributed by atoms with van der Waals surface area (Å²) < 4.78 is 51.8. The molecule has 0 spiro atoms. The molecule has 0 aliphatic heterocycles. The van der Waals surface area contributed by atoms with E-state index in [0.29, 0.717) is 27.3 Å². The molecule has 1 aliphatic carbocycles. The molecule has 1 aromatic carbocycles. The lowest BCUT2D eigenvalue weighted by Gasteiger charge is -2.14. The molecule has 1 saturated carbocycles. The third kappa shape index (κ3) is 3.97. The molecule has 2 aromatic rings. The summed E-state index contributed by atoms with van der Waals surface area (Å²) >= 11 is 12.2. The molecule has 1 aliphatic rings. The summed E-state index contributed by atoms with van der Waals surface area (Å²) in [6, 6.07) is 3.17. The maximum Gasteiger partial charge on any atom is 0.433 e. The van der Waals surface area contributed by atoms with Crippen molar-refractivity contribution >= 4 is 34.0 Å². The minimum absolute atomic E-state index is 0.0477. The van der Waals surface area contributed by atoms with Gasteiger partial charge in [0.25, 0.3) is 0 Å². The number of alkyl halides is 3. The number of aryl methyl sites for hydroxylation is 1. The molecule has 0 amide bonds. The van der Waals surface area contributed by atoms with Gasteiger partial charge in [0.2, 0.25) is 5.43 Å². The Hall–Kier alpha value is -1.38. The van der Waals surface area contributed by atoms with Gasteiger partial charge in [-0.25, -0.2) is 0 Å². The highest BCUT2D eigenvalue weighted by Gasteiger charge is 2.35. The number of hydrogen-bond donors (Lipinski definition) is 0. The largest absolute Gasteiger partial charge is 0.433 e. The predicted octanol–water partition coefficient (Wildman–Crippen LogP) is 4.29. The number of halogens is 5. The number of nitrogens with zero attached hydrogens (tertiary/aromatic N) is 2. The van der Waals surface area contributed by atoms with Crippen molar-refractivity contribution < 1.29 is 17.4 Å². The lowest BCUT2D eigenvalue weighted by molar-refractivity contribution is -0.144. The molecule has 3 rings (SSSR count). The van der Waals surface area contributed by atoms with Crippen LogP contribution in [0, 0.1) is 5.92 Å². The van der Waals surface area contributed by atoms with Gasteiger partial charge in [0.05, 0.1) is 25.7 Å². The van der Waals surface area contributed by atoms with E-state index in [4.69, 9.17) is 23.2 Å². The Morgan fingerprint density at radius 3 is 2.46 bits per heavy atom. The van der Waals surface area contributed by atoms with Crippen LogP contribution in [0.25, 0.3) is 11.3 Å². The fourth-order valence-electron chi connectivity index (χ4n) is 2.46. The number of aromatic nitrogens is 2. The quantitative estimate of drug-likeness (QED) is 0.735. The summed E-state index contributed by atoms with van der Waals surface area (Å²) in [6.45, 7) is 0. The van der Waals surface area contributed by atoms with E-state index < -0.39 is 28.1 Å². The first kappa shape index (κ1) is 19.4. The monoisotopic (exact) mass is 424 g/mol. The average Bonchev–Trinajstić information content (AvgIpc) is 3.32. The molecular formula is C16H13Cl2F3N2O2S. The highest BCUT2D eigenvalue weighted by molar-refractivity contribution is 7.85. The lowest BCUT2D eigenvalue weighted by Crippen LogP contribution is -2.22. The first-order valence-corrected chi connectivity index (χ1v) is 9.68. The first-order valence-electron chi connectivity index (χ1n) is 7.61. The Labute approximate surface area is 159 Å². The second-order valence-corrected chi connectivity index (χ2v) is 8.36. The summed E-state index contributed by atoms with van der Waals surface area (Å²) in [6.07, 6.45) is -2.70. The molecule has 1 heterocycles. The third-order valence-electron chi connectivity index (χ3n) is 4.00. The zero-order valence-corrected chi connectivity index (χ0v) is 15.8. The standard InChI is InChI=1S/C16H13Cl2F3N2O2S/c1-23-14(16(19,20)21)6-12(24)15(22-23)9-4-13(11(18)5-10(9)17)26(25)7-8-2-3-8/h4-6,8H,2-3,7H2,1H3. The Morgan fingerprint density at radius 1 is 1.23 bits per heavy atom. The van der Waals surface area contributed by atoms with Gasteiger partial charge in [-0.2, -0.15) is 18.3 Å². The highest BCUT2D eigenvalue weighted by Crippen LogP contribution is 2.36. The lowest BCUT2D eigenvalue weighted by atomic mass is 10.1. The van der Waals surface area contributed by atoms with Gasteiger partial charge in [0.1, 0.15) is 11.4 Å². The molecule has 26 heavy (non-hydrogen) atoms. The third-order valence-corrected chi connectivity index (χ3v) is 6.34. The van der Waals surface area contributed by atoms with Gasteiger partial charge in [-0.05, 0) is 30.9 Å². The molecule has 1 fully saturated rings. The van der Waals surface area contributed by atoms with Crippen LogP contribution in [0.5, 0.6) is 0 Å². The van der Waals surface area contributed by atoms with Crippen molar-refractivity contribution in [1.29, 1.82) is 0 Å². The van der Waals surface area contributed by atoms with E-state index in [1.807, 2.05) is 0 Å². The maximum atomic E-state index is 12.9. The van der Waals surface area contributed by atoms with Gasteiger partial charge in [-0.1, -0.05) is 23.2 Å². The highest BCUT2D eigenvalue weighted by atomic mass is 35.5. The van der Waals surface area contributed by atoms with Crippen molar-refractivity contribution in [2.45, 2.75) is 23.9 Å². The maximum absolute atomic E-state index is 12.9. The van der Waals surface area contributed by atoms with Crippen molar-refractivity contribution in [3.63, 3.8) is 0 Å². The van der Waals surface area contributed by atoms with Crippen molar-refractivity contribution in [3.8, 4) is 11.3 Å². The molecule has 0 bridgehead atoms. The van der Waals surface area contributed by atoms with E-state index in [0.717, 1.165) is 19.9 Å². The summed E-state index contributed by atoms with van der Waals surface area (Å²) in [5, 5.41) is 3.96. The Balaban J connectivity index is 2.10. The Kier molecular flexibility index (Phi) is 5.20. The molecule has 0 saturated heterocycles. The topological polar surface area (TPSA) is 52.0 Å². The Bertz CT molecular complexity index is 956. The molecule has 140 valence electrons. The van der Waals surface area contributed by atoms with Gasteiger partial charge in [-0.3, -0.25) is 13.7 Å². The smallest absolute Gasteiger partial charge is 0.287 e. The van der Waals surface area contributed by atoms with Crippen molar-refractivity contribution in [2.75, 3.05) is 5.75 Å². The Morgan fingerprint density at radius 2 is 1.88 bits per heavy atom. The fraction of sp³-hybridized carbons (Fsp3) is 0.375. The van der Waals surface area contributed by atoms with Gasteiger partial charge in [-0.15, -0.1) is 0 Å². The molecule has 0 N–H and O–H groups in total. The predicted molar refractivity (Wildman–Crippen MR) is 93.9 cm³/mol. The SMILES string of the molecule is Cn1nc(-c2cc(S(=O)CC3CC3)c(Cl)cc2Cl)c(=O)cc1C(F)(F)F. The van der Waals surface area contributed by atoms with Crippen molar-refractivity contribution in [1.82, 2.24) is 9.78 Å². The van der Waals surface area contributed by atoms with E-state index in [1.54, 1.807) is 0 Å². The van der Waals surface area contributed by atoms with Crippen LogP contribution >= 0.6 is 23.2 Å². The second kappa shape index (κ2) is 6.98. The van der Waals surface area contributed by atoms with Crippen LogP contribution in [0.1, 0.15) is 18.5 Å². The van der Waals surface area contributed by atoms with Gasteiger partial charge >= 0.3 is 6.18 Å². The molecule has 1 aromatic heterocycles. The number of rotatable bonds is 4. The summed E-state index contributed by atoms with van der Waals surface area (Å²) in [7, 11) is -0.307. The van der Waals surface area contributed by atoms with Crippen LogP contribution in [-0.4, -0.2) is 19.7 Å². The van der Waals surface area contributed by atoms with Crippen LogP contribution in [0.15, 0.2) is 27.9 Å². The molecule has 4 nitrogen and oxygen atoms in total. The van der Waals surface area contributed by atoms with E-state index >= 15 is 0 Å². The molecular weight excluding hydrogens is 412 g/mol. The minimum atomic E-state index is -4.71. The van der Waals surface area contributed by atoms with Crippen LogP contribution in [0.4, 0.5) is 13.2 Å². The zero-order chi connectivity index (χ0) is 19.2. The van der Waals surface area contributed by atoms with Crippen LogP contribution in [0.2, 0.25) is 10.0 Å². The molecule has 0 radical (unpaired) electrons. The molecule has 10 heteroatoms. The van der Waals surface area contributed by atoms with E-state index in [1.165, 1.54) is 12.1 Å². The summed E-state index contributed by atoms with van der Waals surface area (Å²) in [5.74, 6) is 0.822. The second-order valence-electron chi connectivity index (χ2n) is 6.08. The van der Waals surface area contributed by atoms with Crippen molar-refractivity contribution in [2.24, 2.45) is 13.0 Å². The summed E-state index contributed by atoms with van der Waals surface area (Å²) in [4.78, 5) is 12.5. The van der Waals surface area contributed by atoms with E-state index in [-0.39, 0.29) is 21.3 Å². The first-order chi connectivity index (χ1) is 12.1. The van der Waals surface area contributed by atoms with Gasteiger partial charge in [0.15, 0.2) is 0 Å². The molecule has 1 unspecified atom stereocenters. The zero-order valence-electron chi connectivity index (χ0n) is 13.4. The van der Waals surface area contributed by atoms with Gasteiger partial charge in [0, 0.05) is 24.4 Å². The van der Waals surface area contributed by atoms with Gasteiger partial charge < -0.3 is 0 Å². The minimum Gasteiger partial charge on any atom is -0.287 e. The molecule has 1 atom stereocenters. The average molecular weight is 425 g/mol. The van der Waals surface area contributed by atoms with Crippen molar-refractivity contribution in [3.05, 3.63) is 44.2 Å². The number of benzene rings is 1.